The molecule has 2 aromatic rings. The second-order valence-electron chi connectivity index (χ2n) is 3.98. The van der Waals surface area contributed by atoms with Gasteiger partial charge in [0.1, 0.15) is 5.56 Å². The summed E-state index contributed by atoms with van der Waals surface area (Å²) in [5.74, 6) is -1.18. The number of nitrogens with zero attached hydrogens (tertiary/aromatic N) is 1. The molecule has 4 heteroatoms. The summed E-state index contributed by atoms with van der Waals surface area (Å²) in [6.07, 6.45) is 1.41. The third-order valence-electron chi connectivity index (χ3n) is 2.81. The number of aromatic nitrogens is 1. The van der Waals surface area contributed by atoms with Crippen LogP contribution in [0.5, 0.6) is 0 Å². The van der Waals surface area contributed by atoms with Gasteiger partial charge in [0.05, 0.1) is 5.52 Å². The molecule has 0 amide bonds. The lowest BCUT2D eigenvalue weighted by atomic mass is 10.1. The van der Waals surface area contributed by atoms with Crippen LogP contribution in [0.1, 0.15) is 36.7 Å². The molecule has 1 aromatic carbocycles. The fourth-order valence-corrected chi connectivity index (χ4v) is 1.93. The van der Waals surface area contributed by atoms with Gasteiger partial charge in [0, 0.05) is 18.1 Å². The van der Waals surface area contributed by atoms with Crippen molar-refractivity contribution in [2.24, 2.45) is 0 Å². The summed E-state index contributed by atoms with van der Waals surface area (Å²) in [7, 11) is 0. The molecule has 0 aliphatic carbocycles. The monoisotopic (exact) mass is 261 g/mol. The van der Waals surface area contributed by atoms with Crippen LogP contribution in [0, 0.1) is 6.92 Å². The third kappa shape index (κ3) is 2.84. The zero-order valence-electron chi connectivity index (χ0n) is 11.7. The van der Waals surface area contributed by atoms with Crippen LogP contribution in [-0.2, 0) is 6.54 Å². The number of rotatable bonds is 2. The Labute approximate surface area is 112 Å². The Morgan fingerprint density at radius 3 is 2.47 bits per heavy atom. The van der Waals surface area contributed by atoms with Gasteiger partial charge < -0.3 is 9.67 Å². The molecule has 19 heavy (non-hydrogen) atoms. The van der Waals surface area contributed by atoms with Crippen LogP contribution in [0.4, 0.5) is 0 Å². The minimum atomic E-state index is -1.18. The summed E-state index contributed by atoms with van der Waals surface area (Å²) in [6.45, 7) is 8.41. The number of benzene rings is 1. The number of fused-ring (bicyclic) bond motifs is 1. The molecule has 0 bridgehead atoms. The lowest BCUT2D eigenvalue weighted by Crippen LogP contribution is -2.18. The molecule has 0 atom stereocenters. The first-order valence-electron chi connectivity index (χ1n) is 6.41. The molecule has 0 saturated carbocycles. The number of aryl methyl sites for hydroxylation is 2. The molecule has 1 N–H and O–H groups in total. The standard InChI is InChI=1S/C13H13NO3.C2H6/c1-3-14-7-10(13(16)17)12(15)9-6-8(2)4-5-11(9)14;1-2/h4-7H,3H2,1-2H3,(H,16,17);1-2H3. The lowest BCUT2D eigenvalue weighted by Gasteiger charge is -2.10. The van der Waals surface area contributed by atoms with Crippen molar-refractivity contribution in [2.45, 2.75) is 34.2 Å². The van der Waals surface area contributed by atoms with Crippen LogP contribution in [0.15, 0.2) is 29.2 Å². The Balaban J connectivity index is 0.000000861. The Morgan fingerprint density at radius 2 is 1.95 bits per heavy atom. The van der Waals surface area contributed by atoms with Gasteiger partial charge in [0.15, 0.2) is 0 Å². The molecule has 0 aliphatic heterocycles. The maximum Gasteiger partial charge on any atom is 0.341 e. The van der Waals surface area contributed by atoms with Crippen molar-refractivity contribution < 1.29 is 9.90 Å². The van der Waals surface area contributed by atoms with E-state index in [2.05, 4.69) is 0 Å². The molecule has 102 valence electrons. The van der Waals surface area contributed by atoms with E-state index in [9.17, 15) is 9.59 Å². The highest BCUT2D eigenvalue weighted by Crippen LogP contribution is 2.14. The molecule has 0 saturated heterocycles. The van der Waals surface area contributed by atoms with Gasteiger partial charge >= 0.3 is 5.97 Å². The minimum absolute atomic E-state index is 0.176. The van der Waals surface area contributed by atoms with E-state index in [0.29, 0.717) is 11.9 Å². The van der Waals surface area contributed by atoms with E-state index in [4.69, 9.17) is 5.11 Å². The zero-order valence-corrected chi connectivity index (χ0v) is 11.7. The summed E-state index contributed by atoms with van der Waals surface area (Å²) in [6, 6.07) is 5.49. The average Bonchev–Trinajstić information content (AvgIpc) is 2.41. The molecule has 0 unspecified atom stereocenters. The maximum atomic E-state index is 12.0. The highest BCUT2D eigenvalue weighted by Gasteiger charge is 2.13. The average molecular weight is 261 g/mol. The van der Waals surface area contributed by atoms with Crippen LogP contribution >= 0.6 is 0 Å². The molecule has 1 aromatic heterocycles. The molecule has 0 fully saturated rings. The van der Waals surface area contributed by atoms with Crippen molar-refractivity contribution >= 4 is 16.9 Å². The first-order valence-corrected chi connectivity index (χ1v) is 6.41. The maximum absolute atomic E-state index is 12.0. The molecule has 1 heterocycles. The van der Waals surface area contributed by atoms with Gasteiger partial charge in [-0.3, -0.25) is 4.79 Å². The number of carboxylic acids is 1. The van der Waals surface area contributed by atoms with Gasteiger partial charge in [-0.25, -0.2) is 4.79 Å². The number of aromatic carboxylic acids is 1. The van der Waals surface area contributed by atoms with Crippen LogP contribution < -0.4 is 5.43 Å². The largest absolute Gasteiger partial charge is 0.477 e. The quantitative estimate of drug-likeness (QED) is 0.903. The fraction of sp³-hybridized carbons (Fsp3) is 0.333. The Kier molecular flexibility index (Phi) is 4.87. The lowest BCUT2D eigenvalue weighted by molar-refractivity contribution is 0.0695. The van der Waals surface area contributed by atoms with Gasteiger partial charge in [-0.05, 0) is 26.0 Å². The minimum Gasteiger partial charge on any atom is -0.477 e. The van der Waals surface area contributed by atoms with Crippen molar-refractivity contribution in [3.05, 3.63) is 45.7 Å². The van der Waals surface area contributed by atoms with Crippen molar-refractivity contribution in [3.63, 3.8) is 0 Å². The van der Waals surface area contributed by atoms with Gasteiger partial charge in [-0.15, -0.1) is 0 Å². The van der Waals surface area contributed by atoms with Crippen molar-refractivity contribution in [2.75, 3.05) is 0 Å². The molecule has 4 nitrogen and oxygen atoms in total. The van der Waals surface area contributed by atoms with Crippen LogP contribution in [0.3, 0.4) is 0 Å². The molecular formula is C15H19NO3. The first-order chi connectivity index (χ1) is 9.04. The van der Waals surface area contributed by atoms with E-state index in [0.717, 1.165) is 11.1 Å². The predicted octanol–water partition coefficient (Wildman–Crippen LogP) is 3.05. The number of carbonyl (C=O) groups is 1. The normalized spacial score (nSPS) is 9.89. The summed E-state index contributed by atoms with van der Waals surface area (Å²) in [5, 5.41) is 9.47. The Bertz CT molecular complexity index is 656. The predicted molar refractivity (Wildman–Crippen MR) is 76.9 cm³/mol. The first kappa shape index (κ1) is 15.0. The van der Waals surface area contributed by atoms with Crippen LogP contribution in [-0.4, -0.2) is 15.6 Å². The molecule has 0 aliphatic rings. The Morgan fingerprint density at radius 1 is 1.32 bits per heavy atom. The summed E-state index contributed by atoms with van der Waals surface area (Å²) < 4.78 is 1.78. The van der Waals surface area contributed by atoms with Gasteiger partial charge in [0.2, 0.25) is 5.43 Å². The van der Waals surface area contributed by atoms with Crippen LogP contribution in [0.2, 0.25) is 0 Å². The highest BCUT2D eigenvalue weighted by atomic mass is 16.4. The van der Waals surface area contributed by atoms with E-state index < -0.39 is 11.4 Å². The molecule has 0 spiro atoms. The van der Waals surface area contributed by atoms with Crippen molar-refractivity contribution in [3.8, 4) is 0 Å². The van der Waals surface area contributed by atoms with E-state index in [-0.39, 0.29) is 5.56 Å². The number of hydrogen-bond donors (Lipinski definition) is 1. The fourth-order valence-electron chi connectivity index (χ4n) is 1.93. The van der Waals surface area contributed by atoms with E-state index in [1.807, 2.05) is 39.8 Å². The number of hydrogen-bond acceptors (Lipinski definition) is 2. The second-order valence-corrected chi connectivity index (χ2v) is 3.98. The smallest absolute Gasteiger partial charge is 0.341 e. The summed E-state index contributed by atoms with van der Waals surface area (Å²) in [5.41, 5.74) is 1.12. The van der Waals surface area contributed by atoms with Crippen molar-refractivity contribution in [1.82, 2.24) is 4.57 Å². The molecular weight excluding hydrogens is 242 g/mol. The van der Waals surface area contributed by atoms with E-state index in [1.54, 1.807) is 10.6 Å². The van der Waals surface area contributed by atoms with Crippen molar-refractivity contribution in [1.29, 1.82) is 0 Å². The van der Waals surface area contributed by atoms with E-state index in [1.165, 1.54) is 6.20 Å². The number of carboxylic acid groups (broad SMARTS) is 1. The topological polar surface area (TPSA) is 59.3 Å². The van der Waals surface area contributed by atoms with Gasteiger partial charge in [-0.1, -0.05) is 25.5 Å². The highest BCUT2D eigenvalue weighted by molar-refractivity contribution is 5.92. The van der Waals surface area contributed by atoms with Gasteiger partial charge in [-0.2, -0.15) is 0 Å². The summed E-state index contributed by atoms with van der Waals surface area (Å²) in [4.78, 5) is 23.0. The molecule has 0 radical (unpaired) electrons. The number of pyridine rings is 1. The van der Waals surface area contributed by atoms with Gasteiger partial charge in [0.25, 0.3) is 0 Å². The van der Waals surface area contributed by atoms with Crippen LogP contribution in [0.25, 0.3) is 10.9 Å². The third-order valence-corrected chi connectivity index (χ3v) is 2.81. The SMILES string of the molecule is CC.CCn1cc(C(=O)O)c(=O)c2cc(C)ccc21. The zero-order chi connectivity index (χ0) is 14.6. The Hall–Kier alpha value is -2.10. The second kappa shape index (κ2) is 6.18. The van der Waals surface area contributed by atoms with E-state index >= 15 is 0 Å². The summed E-state index contributed by atoms with van der Waals surface area (Å²) >= 11 is 0. The molecule has 2 rings (SSSR count).